The van der Waals surface area contributed by atoms with Gasteiger partial charge in [-0.3, -0.25) is 9.97 Å². The quantitative estimate of drug-likeness (QED) is 0.476. The lowest BCUT2D eigenvalue weighted by Gasteiger charge is -2.27. The molecular weight excluding hydrogens is 338 g/mol. The average molecular weight is 349 g/mol. The summed E-state index contributed by atoms with van der Waals surface area (Å²) in [7, 11) is 0. The summed E-state index contributed by atoms with van der Waals surface area (Å²) in [6.45, 7) is 14.3. The number of pyridine rings is 2. The summed E-state index contributed by atoms with van der Waals surface area (Å²) < 4.78 is 0. The SMILES string of the molecule is [C-]#[N+]/N=C1C=C/C(=C(/C#N)[N+]#[C-])C=C\1N(c1cccnc1)c1cccnc1. The molecule has 0 saturated carbocycles. The topological polar surface area (TPSA) is 73.9 Å². The van der Waals surface area contributed by atoms with Crippen LogP contribution in [0.2, 0.25) is 0 Å². The average Bonchev–Trinajstić information content (AvgIpc) is 2.72. The standard InChI is InChI=1S/C20H11N7/c1-22-19(12-21)15-7-8-18(26-23-2)20(11-15)27(16-5-3-9-24-13-16)17-6-4-10-25-14-17/h3-11,13-14H/b19-15+,26-18+. The highest BCUT2D eigenvalue weighted by Crippen LogP contribution is 2.32. The van der Waals surface area contributed by atoms with Gasteiger partial charge in [0.25, 0.3) is 5.70 Å². The van der Waals surface area contributed by atoms with Gasteiger partial charge in [0, 0.05) is 12.4 Å². The van der Waals surface area contributed by atoms with Crippen LogP contribution in [-0.4, -0.2) is 15.7 Å². The lowest BCUT2D eigenvalue weighted by Crippen LogP contribution is -2.24. The number of allylic oxidation sites excluding steroid dienone is 5. The summed E-state index contributed by atoms with van der Waals surface area (Å²) in [6, 6.07) is 9.20. The Morgan fingerprint density at radius 1 is 1.07 bits per heavy atom. The molecule has 0 atom stereocenters. The zero-order chi connectivity index (χ0) is 19.1. The van der Waals surface area contributed by atoms with Gasteiger partial charge in [0.2, 0.25) is 0 Å². The largest absolute Gasteiger partial charge is 0.305 e. The van der Waals surface area contributed by atoms with Crippen molar-refractivity contribution in [3.05, 3.63) is 107 Å². The first kappa shape index (κ1) is 17.3. The molecule has 0 bridgehead atoms. The maximum Gasteiger partial charge on any atom is 0.269 e. The van der Waals surface area contributed by atoms with Crippen molar-refractivity contribution in [3.8, 4) is 6.07 Å². The van der Waals surface area contributed by atoms with Gasteiger partial charge in [-0.2, -0.15) is 6.57 Å². The molecule has 27 heavy (non-hydrogen) atoms. The van der Waals surface area contributed by atoms with Gasteiger partial charge >= 0.3 is 0 Å². The van der Waals surface area contributed by atoms with E-state index in [1.807, 2.05) is 23.1 Å². The Labute approximate surface area is 156 Å². The first-order valence-corrected chi connectivity index (χ1v) is 7.75. The van der Waals surface area contributed by atoms with Crippen molar-refractivity contribution in [3.63, 3.8) is 0 Å². The third-order valence-electron chi connectivity index (χ3n) is 3.67. The van der Waals surface area contributed by atoms with Crippen LogP contribution in [0, 0.1) is 24.5 Å². The predicted molar refractivity (Wildman–Crippen MR) is 101 cm³/mol. The Morgan fingerprint density at radius 2 is 1.74 bits per heavy atom. The van der Waals surface area contributed by atoms with Crippen molar-refractivity contribution in [2.45, 2.75) is 0 Å². The number of anilines is 2. The van der Waals surface area contributed by atoms with Crippen LogP contribution in [0.15, 0.2) is 89.3 Å². The molecule has 7 nitrogen and oxygen atoms in total. The number of nitrogens with zero attached hydrogens (tertiary/aromatic N) is 7. The number of rotatable bonds is 3. The minimum atomic E-state index is -0.0389. The van der Waals surface area contributed by atoms with E-state index in [1.54, 1.807) is 55.1 Å². The maximum absolute atomic E-state index is 9.21. The molecule has 0 radical (unpaired) electrons. The third-order valence-corrected chi connectivity index (χ3v) is 3.67. The second-order valence-electron chi connectivity index (χ2n) is 5.23. The molecule has 1 aliphatic carbocycles. The molecule has 3 rings (SSSR count). The molecule has 0 fully saturated rings. The van der Waals surface area contributed by atoms with E-state index in [0.717, 1.165) is 11.4 Å². The molecule has 2 heterocycles. The molecule has 1 aliphatic rings. The van der Waals surface area contributed by atoms with Gasteiger partial charge in [0.05, 0.1) is 47.2 Å². The van der Waals surface area contributed by atoms with E-state index >= 15 is 0 Å². The highest BCUT2D eigenvalue weighted by molar-refractivity contribution is 6.14. The molecule has 0 spiro atoms. The van der Waals surface area contributed by atoms with E-state index < -0.39 is 0 Å². The van der Waals surface area contributed by atoms with Crippen molar-refractivity contribution < 1.29 is 0 Å². The van der Waals surface area contributed by atoms with E-state index in [9.17, 15) is 5.26 Å². The first-order chi connectivity index (χ1) is 13.3. The fourth-order valence-electron chi connectivity index (χ4n) is 2.54. The molecular formula is C20H11N7. The Bertz CT molecular complexity index is 1030. The van der Waals surface area contributed by atoms with Gasteiger partial charge in [0.1, 0.15) is 0 Å². The van der Waals surface area contributed by atoms with Crippen LogP contribution < -0.4 is 4.90 Å². The van der Waals surface area contributed by atoms with Gasteiger partial charge < -0.3 is 4.90 Å². The predicted octanol–water partition coefficient (Wildman–Crippen LogP) is 4.04. The number of hydrogen-bond donors (Lipinski definition) is 0. The fourth-order valence-corrected chi connectivity index (χ4v) is 2.54. The molecule has 0 N–H and O–H groups in total. The second kappa shape index (κ2) is 8.02. The van der Waals surface area contributed by atoms with Crippen molar-refractivity contribution in [1.82, 2.24) is 9.97 Å². The van der Waals surface area contributed by atoms with Gasteiger partial charge in [-0.05, 0) is 42.0 Å². The Kier molecular flexibility index (Phi) is 5.14. The summed E-state index contributed by atoms with van der Waals surface area (Å²) in [5.74, 6) is 0. The molecule has 0 saturated heterocycles. The van der Waals surface area contributed by atoms with Gasteiger partial charge in [-0.15, -0.1) is 4.95 Å². The zero-order valence-electron chi connectivity index (χ0n) is 14.0. The minimum absolute atomic E-state index is 0.0389. The highest BCUT2D eigenvalue weighted by atomic mass is 15.2. The molecule has 0 unspecified atom stereocenters. The lowest BCUT2D eigenvalue weighted by atomic mass is 10.0. The maximum atomic E-state index is 9.21. The number of aromatic nitrogens is 2. The molecule has 2 aromatic rings. The van der Waals surface area contributed by atoms with Gasteiger partial charge in [-0.1, -0.05) is 6.08 Å². The van der Waals surface area contributed by atoms with E-state index in [1.165, 1.54) is 0 Å². The first-order valence-electron chi connectivity index (χ1n) is 7.75. The summed E-state index contributed by atoms with van der Waals surface area (Å²) >= 11 is 0. The van der Waals surface area contributed by atoms with Crippen LogP contribution in [0.25, 0.3) is 9.80 Å². The molecule has 7 heteroatoms. The van der Waals surface area contributed by atoms with Crippen molar-refractivity contribution in [2.24, 2.45) is 5.10 Å². The normalized spacial score (nSPS) is 15.9. The van der Waals surface area contributed by atoms with Crippen LogP contribution in [0.5, 0.6) is 0 Å². The van der Waals surface area contributed by atoms with Crippen LogP contribution in [0.1, 0.15) is 0 Å². The summed E-state index contributed by atoms with van der Waals surface area (Å²) in [5.41, 5.74) is 2.81. The summed E-state index contributed by atoms with van der Waals surface area (Å²) in [5, 5.41) is 13.1. The highest BCUT2D eigenvalue weighted by Gasteiger charge is 2.23. The van der Waals surface area contributed by atoms with Crippen LogP contribution >= 0.6 is 0 Å². The number of nitriles is 1. The van der Waals surface area contributed by atoms with Crippen LogP contribution in [0.4, 0.5) is 11.4 Å². The molecule has 0 amide bonds. The molecule has 2 aromatic heterocycles. The zero-order valence-corrected chi connectivity index (χ0v) is 14.0. The second-order valence-corrected chi connectivity index (χ2v) is 5.23. The summed E-state index contributed by atoms with van der Waals surface area (Å²) in [4.78, 5) is 16.6. The molecule has 0 aliphatic heterocycles. The molecule has 0 aromatic carbocycles. The lowest BCUT2D eigenvalue weighted by molar-refractivity contribution is 1.16. The van der Waals surface area contributed by atoms with Crippen molar-refractivity contribution in [2.75, 3.05) is 4.90 Å². The number of hydrogen-bond acceptors (Lipinski definition) is 5. The van der Waals surface area contributed by atoms with Crippen LogP contribution in [-0.2, 0) is 0 Å². The Balaban J connectivity index is 2.27. The monoisotopic (exact) mass is 349 g/mol. The van der Waals surface area contributed by atoms with Crippen molar-refractivity contribution in [1.29, 1.82) is 5.26 Å². The van der Waals surface area contributed by atoms with E-state index in [2.05, 4.69) is 24.9 Å². The summed E-state index contributed by atoms with van der Waals surface area (Å²) in [6.07, 6.45) is 11.6. The minimum Gasteiger partial charge on any atom is -0.305 e. The smallest absolute Gasteiger partial charge is 0.269 e. The van der Waals surface area contributed by atoms with E-state index in [-0.39, 0.29) is 5.70 Å². The van der Waals surface area contributed by atoms with Crippen molar-refractivity contribution >= 4 is 17.1 Å². The molecule has 126 valence electrons. The van der Waals surface area contributed by atoms with Gasteiger partial charge in [0.15, 0.2) is 5.71 Å². The fraction of sp³-hybridized carbons (Fsp3) is 0. The third kappa shape index (κ3) is 3.61. The van der Waals surface area contributed by atoms with E-state index in [0.29, 0.717) is 17.0 Å². The van der Waals surface area contributed by atoms with Crippen LogP contribution in [0.3, 0.4) is 0 Å². The Morgan fingerprint density at radius 3 is 2.22 bits per heavy atom. The van der Waals surface area contributed by atoms with E-state index in [4.69, 9.17) is 13.1 Å². The van der Waals surface area contributed by atoms with Gasteiger partial charge in [-0.25, -0.2) is 10.1 Å². The Hall–Kier alpha value is -4.54.